The van der Waals surface area contributed by atoms with Crippen LogP contribution in [0.5, 0.6) is 0 Å². The van der Waals surface area contributed by atoms with Gasteiger partial charge in [0, 0.05) is 12.7 Å². The predicted octanol–water partition coefficient (Wildman–Crippen LogP) is 2.86. The van der Waals surface area contributed by atoms with Crippen molar-refractivity contribution in [3.05, 3.63) is 36.2 Å². The molecule has 4 heteroatoms. The molecular weight excluding hydrogens is 220 g/mol. The Balaban J connectivity index is 2.06. The van der Waals surface area contributed by atoms with Crippen LogP contribution in [0.2, 0.25) is 0 Å². The zero-order valence-corrected chi connectivity index (χ0v) is 9.75. The number of carbonyl (C=O) groups is 1. The summed E-state index contributed by atoms with van der Waals surface area (Å²) in [5.41, 5.74) is 1.99. The van der Waals surface area contributed by atoms with Gasteiger partial charge in [0.2, 0.25) is 0 Å². The number of imidazole rings is 1. The number of benzene rings is 1. The molecule has 0 radical (unpaired) electrons. The normalized spacial score (nSPS) is 11.3. The highest BCUT2D eigenvalue weighted by atomic mass is 32.2. The molecule has 1 aromatic heterocycles. The largest absolute Gasteiger partial charge is 0.338 e. The molecule has 0 atom stereocenters. The molecule has 0 bridgehead atoms. The number of hydrogen-bond acceptors (Lipinski definition) is 3. The van der Waals surface area contributed by atoms with Gasteiger partial charge in [-0.25, -0.2) is 4.98 Å². The van der Waals surface area contributed by atoms with Crippen molar-refractivity contribution in [2.24, 2.45) is 0 Å². The van der Waals surface area contributed by atoms with Crippen LogP contribution in [-0.2, 0) is 4.79 Å². The maximum Gasteiger partial charge on any atom is 0.186 e. The van der Waals surface area contributed by atoms with Crippen LogP contribution in [0.4, 0.5) is 0 Å². The maximum atomic E-state index is 10.7. The van der Waals surface area contributed by atoms with E-state index in [0.717, 1.165) is 16.9 Å². The number of thioether (sulfide) groups is 1. The third kappa shape index (κ3) is 2.73. The van der Waals surface area contributed by atoms with Gasteiger partial charge in [-0.15, -0.1) is 0 Å². The van der Waals surface area contributed by atoms with E-state index in [1.54, 1.807) is 6.92 Å². The van der Waals surface area contributed by atoms with Crippen LogP contribution < -0.4 is 0 Å². The average Bonchev–Trinajstić information content (AvgIpc) is 2.66. The average molecular weight is 232 g/mol. The molecule has 82 valence electrons. The predicted molar refractivity (Wildman–Crippen MR) is 68.3 cm³/mol. The van der Waals surface area contributed by atoms with Crippen molar-refractivity contribution < 1.29 is 4.79 Å². The van der Waals surface area contributed by atoms with E-state index in [1.807, 2.05) is 36.4 Å². The monoisotopic (exact) mass is 232 g/mol. The molecule has 0 unspecified atom stereocenters. The van der Waals surface area contributed by atoms with Crippen LogP contribution in [0.15, 0.2) is 30.3 Å². The maximum absolute atomic E-state index is 10.7. The molecule has 1 aromatic carbocycles. The Kier molecular flexibility index (Phi) is 3.41. The number of aromatic nitrogens is 2. The second-order valence-electron chi connectivity index (χ2n) is 3.34. The third-order valence-electron chi connectivity index (χ3n) is 2.07. The van der Waals surface area contributed by atoms with Gasteiger partial charge in [0.15, 0.2) is 5.12 Å². The van der Waals surface area contributed by atoms with Crippen molar-refractivity contribution in [1.29, 1.82) is 0 Å². The smallest absolute Gasteiger partial charge is 0.186 e. The van der Waals surface area contributed by atoms with Gasteiger partial charge in [-0.2, -0.15) is 0 Å². The minimum Gasteiger partial charge on any atom is -0.338 e. The SMILES string of the molecule is CC(=O)SCC=Cc1nc2ccccc2[nH]1. The summed E-state index contributed by atoms with van der Waals surface area (Å²) >= 11 is 1.29. The fraction of sp³-hybridized carbons (Fsp3) is 0.167. The van der Waals surface area contributed by atoms with E-state index in [-0.39, 0.29) is 5.12 Å². The molecule has 0 aliphatic heterocycles. The van der Waals surface area contributed by atoms with Crippen molar-refractivity contribution in [2.75, 3.05) is 5.75 Å². The molecule has 0 aliphatic carbocycles. The molecule has 0 saturated carbocycles. The Labute approximate surface area is 98.0 Å². The Bertz CT molecular complexity index is 498. The van der Waals surface area contributed by atoms with Crippen LogP contribution in [0.25, 0.3) is 17.1 Å². The molecule has 3 nitrogen and oxygen atoms in total. The summed E-state index contributed by atoms with van der Waals surface area (Å²) in [6, 6.07) is 7.89. The lowest BCUT2D eigenvalue weighted by Crippen LogP contribution is -1.82. The fourth-order valence-corrected chi connectivity index (χ4v) is 1.80. The number of H-pyrrole nitrogens is 1. The minimum absolute atomic E-state index is 0.134. The van der Waals surface area contributed by atoms with Crippen molar-refractivity contribution >= 4 is 34.0 Å². The van der Waals surface area contributed by atoms with Gasteiger partial charge in [0.1, 0.15) is 5.82 Å². The summed E-state index contributed by atoms with van der Waals surface area (Å²) in [6.07, 6.45) is 3.83. The first-order valence-electron chi connectivity index (χ1n) is 5.00. The van der Waals surface area contributed by atoms with Crippen LogP contribution >= 0.6 is 11.8 Å². The van der Waals surface area contributed by atoms with Crippen molar-refractivity contribution in [1.82, 2.24) is 9.97 Å². The highest BCUT2D eigenvalue weighted by Crippen LogP contribution is 2.11. The summed E-state index contributed by atoms with van der Waals surface area (Å²) in [5, 5.41) is 0.134. The number of aromatic amines is 1. The van der Waals surface area contributed by atoms with E-state index in [9.17, 15) is 4.79 Å². The molecule has 0 fully saturated rings. The Morgan fingerprint density at radius 1 is 1.50 bits per heavy atom. The third-order valence-corrected chi connectivity index (χ3v) is 2.83. The van der Waals surface area contributed by atoms with Crippen molar-refractivity contribution in [3.63, 3.8) is 0 Å². The number of nitrogens with zero attached hydrogens (tertiary/aromatic N) is 1. The zero-order valence-electron chi connectivity index (χ0n) is 8.93. The fourth-order valence-electron chi connectivity index (χ4n) is 1.38. The highest BCUT2D eigenvalue weighted by molar-refractivity contribution is 8.13. The van der Waals surface area contributed by atoms with Gasteiger partial charge in [0.25, 0.3) is 0 Å². The van der Waals surface area contributed by atoms with E-state index in [2.05, 4.69) is 9.97 Å². The van der Waals surface area contributed by atoms with Gasteiger partial charge in [0.05, 0.1) is 11.0 Å². The molecule has 1 N–H and O–H groups in total. The Morgan fingerprint density at radius 2 is 2.31 bits per heavy atom. The van der Waals surface area contributed by atoms with Gasteiger partial charge in [-0.3, -0.25) is 4.79 Å². The summed E-state index contributed by atoms with van der Waals surface area (Å²) < 4.78 is 0. The van der Waals surface area contributed by atoms with E-state index >= 15 is 0 Å². The number of carbonyl (C=O) groups excluding carboxylic acids is 1. The molecular formula is C12H12N2OS. The van der Waals surface area contributed by atoms with Gasteiger partial charge >= 0.3 is 0 Å². The second kappa shape index (κ2) is 4.99. The van der Waals surface area contributed by atoms with Gasteiger partial charge < -0.3 is 4.98 Å². The molecule has 0 saturated heterocycles. The van der Waals surface area contributed by atoms with E-state index in [4.69, 9.17) is 0 Å². The van der Waals surface area contributed by atoms with Crippen LogP contribution in [0, 0.1) is 0 Å². The van der Waals surface area contributed by atoms with Crippen LogP contribution in [0.1, 0.15) is 12.7 Å². The first-order chi connectivity index (χ1) is 7.75. The molecule has 0 spiro atoms. The first-order valence-corrected chi connectivity index (χ1v) is 5.99. The first kappa shape index (κ1) is 11.0. The lowest BCUT2D eigenvalue weighted by atomic mass is 10.3. The molecule has 0 amide bonds. The number of hydrogen-bond donors (Lipinski definition) is 1. The highest BCUT2D eigenvalue weighted by Gasteiger charge is 1.97. The minimum atomic E-state index is 0.134. The summed E-state index contributed by atoms with van der Waals surface area (Å²) in [5.74, 6) is 1.51. The van der Waals surface area contributed by atoms with Crippen LogP contribution in [0.3, 0.4) is 0 Å². The zero-order chi connectivity index (χ0) is 11.4. The number of fused-ring (bicyclic) bond motifs is 1. The number of rotatable bonds is 3. The van der Waals surface area contributed by atoms with Crippen molar-refractivity contribution in [3.8, 4) is 0 Å². The van der Waals surface area contributed by atoms with E-state index in [1.165, 1.54) is 11.8 Å². The second-order valence-corrected chi connectivity index (χ2v) is 4.54. The van der Waals surface area contributed by atoms with Crippen molar-refractivity contribution in [2.45, 2.75) is 6.92 Å². The Morgan fingerprint density at radius 3 is 3.06 bits per heavy atom. The molecule has 2 aromatic rings. The topological polar surface area (TPSA) is 45.8 Å². The standard InChI is InChI=1S/C12H12N2OS/c1-9(15)16-8-4-7-12-13-10-5-2-3-6-11(10)14-12/h2-7H,8H2,1H3,(H,13,14). The summed E-state index contributed by atoms with van der Waals surface area (Å²) in [6.45, 7) is 1.57. The van der Waals surface area contributed by atoms with E-state index in [0.29, 0.717) is 5.75 Å². The molecule has 0 aliphatic rings. The number of nitrogens with one attached hydrogen (secondary N) is 1. The quantitative estimate of drug-likeness (QED) is 0.885. The molecule has 16 heavy (non-hydrogen) atoms. The molecule has 2 rings (SSSR count). The summed E-state index contributed by atoms with van der Waals surface area (Å²) in [7, 11) is 0. The van der Waals surface area contributed by atoms with Crippen LogP contribution in [-0.4, -0.2) is 20.8 Å². The molecule has 1 heterocycles. The van der Waals surface area contributed by atoms with E-state index < -0.39 is 0 Å². The lowest BCUT2D eigenvalue weighted by Gasteiger charge is -1.87. The lowest BCUT2D eigenvalue weighted by molar-refractivity contribution is -0.109. The van der Waals surface area contributed by atoms with Gasteiger partial charge in [-0.1, -0.05) is 30.0 Å². The van der Waals surface area contributed by atoms with Gasteiger partial charge in [-0.05, 0) is 18.2 Å². The number of para-hydroxylation sites is 2. The summed E-state index contributed by atoms with van der Waals surface area (Å²) in [4.78, 5) is 18.3. The Hall–Kier alpha value is -1.55.